The average Bonchev–Trinajstić information content (AvgIpc) is 2.45. The van der Waals surface area contributed by atoms with Gasteiger partial charge in [-0.25, -0.2) is 0 Å². The summed E-state index contributed by atoms with van der Waals surface area (Å²) >= 11 is 0. The Morgan fingerprint density at radius 3 is 2.55 bits per heavy atom. The van der Waals surface area contributed by atoms with Gasteiger partial charge >= 0.3 is 0 Å². The molecule has 0 N–H and O–H groups in total. The number of methoxy groups -OCH3 is 1. The van der Waals surface area contributed by atoms with E-state index in [1.165, 1.54) is 12.1 Å². The molecule has 0 radical (unpaired) electrons. The number of hydrogen-bond donors (Lipinski definition) is 0. The van der Waals surface area contributed by atoms with E-state index in [1.54, 1.807) is 7.11 Å². The second-order valence-corrected chi connectivity index (χ2v) is 5.64. The predicted octanol–water partition coefficient (Wildman–Crippen LogP) is 2.14. The number of carbonyl (C=O) groups excluding carboxylic acids is 1. The molecule has 2 fully saturated rings. The van der Waals surface area contributed by atoms with Gasteiger partial charge in [0.1, 0.15) is 5.75 Å². The van der Waals surface area contributed by atoms with Crippen LogP contribution in [0.1, 0.15) is 19.3 Å². The highest BCUT2D eigenvalue weighted by molar-refractivity contribution is 5.79. The van der Waals surface area contributed by atoms with Gasteiger partial charge in [0.2, 0.25) is 5.91 Å². The van der Waals surface area contributed by atoms with E-state index in [1.807, 2.05) is 17.0 Å². The highest BCUT2D eigenvalue weighted by Gasteiger charge is 2.30. The average molecular weight is 274 g/mol. The van der Waals surface area contributed by atoms with Crippen molar-refractivity contribution in [3.63, 3.8) is 0 Å². The number of ether oxygens (including phenoxy) is 1. The molecule has 0 unspecified atom stereocenters. The van der Waals surface area contributed by atoms with Crippen molar-refractivity contribution in [3.05, 3.63) is 24.3 Å². The number of rotatable bonds is 3. The van der Waals surface area contributed by atoms with Gasteiger partial charge in [-0.15, -0.1) is 0 Å². The van der Waals surface area contributed by atoms with Crippen LogP contribution in [0.25, 0.3) is 0 Å². The Bertz CT molecular complexity index is 477. The summed E-state index contributed by atoms with van der Waals surface area (Å²) in [4.78, 5) is 16.6. The minimum Gasteiger partial charge on any atom is -0.497 e. The van der Waals surface area contributed by atoms with Crippen molar-refractivity contribution in [3.8, 4) is 5.75 Å². The van der Waals surface area contributed by atoms with Crippen LogP contribution >= 0.6 is 0 Å². The number of nitrogens with zero attached hydrogens (tertiary/aromatic N) is 2. The molecule has 2 aliphatic rings. The van der Waals surface area contributed by atoms with Crippen LogP contribution in [0.15, 0.2) is 24.3 Å². The fraction of sp³-hybridized carbons (Fsp3) is 0.562. The smallest absolute Gasteiger partial charge is 0.225 e. The third-order valence-corrected chi connectivity index (χ3v) is 4.43. The molecule has 0 aromatic heterocycles. The molecule has 20 heavy (non-hydrogen) atoms. The summed E-state index contributed by atoms with van der Waals surface area (Å²) in [5, 5.41) is 0. The molecule has 0 saturated carbocycles. The zero-order valence-corrected chi connectivity index (χ0v) is 12.0. The zero-order valence-electron chi connectivity index (χ0n) is 12.0. The van der Waals surface area contributed by atoms with Crippen molar-refractivity contribution in [2.75, 3.05) is 38.2 Å². The molecule has 1 aromatic rings. The lowest BCUT2D eigenvalue weighted by atomic mass is 9.94. The second kappa shape index (κ2) is 5.73. The van der Waals surface area contributed by atoms with Crippen molar-refractivity contribution in [1.82, 2.24) is 4.90 Å². The molecule has 3 rings (SSSR count). The van der Waals surface area contributed by atoms with Gasteiger partial charge in [-0.1, -0.05) is 6.07 Å². The summed E-state index contributed by atoms with van der Waals surface area (Å²) in [7, 11) is 1.69. The number of piperidine rings is 1. The zero-order chi connectivity index (χ0) is 13.9. The lowest BCUT2D eigenvalue weighted by Crippen LogP contribution is -2.48. The van der Waals surface area contributed by atoms with E-state index in [0.717, 1.165) is 44.8 Å². The van der Waals surface area contributed by atoms with Crippen LogP contribution in [-0.4, -0.2) is 44.1 Å². The lowest BCUT2D eigenvalue weighted by molar-refractivity contribution is -0.139. The Hall–Kier alpha value is -1.71. The Kier molecular flexibility index (Phi) is 3.81. The van der Waals surface area contributed by atoms with E-state index in [0.29, 0.717) is 5.91 Å². The molecular weight excluding hydrogens is 252 g/mol. The maximum Gasteiger partial charge on any atom is 0.225 e. The predicted molar refractivity (Wildman–Crippen MR) is 79.1 cm³/mol. The van der Waals surface area contributed by atoms with Gasteiger partial charge < -0.3 is 14.5 Å². The molecule has 2 saturated heterocycles. The third kappa shape index (κ3) is 2.60. The van der Waals surface area contributed by atoms with Crippen LogP contribution in [0.4, 0.5) is 5.69 Å². The maximum absolute atomic E-state index is 12.2. The molecule has 0 aliphatic carbocycles. The third-order valence-electron chi connectivity index (χ3n) is 4.43. The highest BCUT2D eigenvalue weighted by Crippen LogP contribution is 2.27. The van der Waals surface area contributed by atoms with Crippen LogP contribution in [0, 0.1) is 5.92 Å². The fourth-order valence-electron chi connectivity index (χ4n) is 2.99. The van der Waals surface area contributed by atoms with E-state index in [9.17, 15) is 4.79 Å². The van der Waals surface area contributed by atoms with Crippen LogP contribution in [0.2, 0.25) is 0 Å². The Balaban J connectivity index is 1.58. The van der Waals surface area contributed by atoms with Crippen molar-refractivity contribution in [2.24, 2.45) is 5.92 Å². The summed E-state index contributed by atoms with van der Waals surface area (Å²) in [5.74, 6) is 1.50. The van der Waals surface area contributed by atoms with Gasteiger partial charge in [0.25, 0.3) is 0 Å². The van der Waals surface area contributed by atoms with Gasteiger partial charge in [0.05, 0.1) is 7.11 Å². The minimum atomic E-state index is 0.233. The first kappa shape index (κ1) is 13.3. The minimum absolute atomic E-state index is 0.233. The quantitative estimate of drug-likeness (QED) is 0.846. The molecule has 108 valence electrons. The Morgan fingerprint density at radius 1 is 1.20 bits per heavy atom. The summed E-state index contributed by atoms with van der Waals surface area (Å²) in [5.41, 5.74) is 1.19. The molecule has 4 heteroatoms. The standard InChI is InChI=1S/C16H22N2O2/c1-20-15-5-2-4-14(12-15)17-10-6-13(7-11-17)16(19)18-8-3-9-18/h2,4-5,12-13H,3,6-11H2,1H3. The SMILES string of the molecule is COc1cccc(N2CCC(C(=O)N3CCC3)CC2)c1. The lowest BCUT2D eigenvalue weighted by Gasteiger charge is -2.38. The van der Waals surface area contributed by atoms with E-state index < -0.39 is 0 Å². The number of benzene rings is 1. The Labute approximate surface area is 120 Å². The molecule has 0 bridgehead atoms. The van der Waals surface area contributed by atoms with Gasteiger partial charge in [0, 0.05) is 43.9 Å². The van der Waals surface area contributed by atoms with E-state index >= 15 is 0 Å². The van der Waals surface area contributed by atoms with Crippen molar-refractivity contribution in [2.45, 2.75) is 19.3 Å². The fourth-order valence-corrected chi connectivity index (χ4v) is 2.99. The van der Waals surface area contributed by atoms with Crippen molar-refractivity contribution in [1.29, 1.82) is 0 Å². The summed E-state index contributed by atoms with van der Waals surface area (Å²) in [6.07, 6.45) is 3.10. The number of hydrogen-bond acceptors (Lipinski definition) is 3. The first-order valence-electron chi connectivity index (χ1n) is 7.46. The molecule has 2 aliphatic heterocycles. The second-order valence-electron chi connectivity index (χ2n) is 5.64. The van der Waals surface area contributed by atoms with E-state index in [-0.39, 0.29) is 5.92 Å². The van der Waals surface area contributed by atoms with Gasteiger partial charge in [-0.05, 0) is 31.4 Å². The van der Waals surface area contributed by atoms with Crippen LogP contribution in [0.3, 0.4) is 0 Å². The van der Waals surface area contributed by atoms with Crippen molar-refractivity contribution < 1.29 is 9.53 Å². The molecule has 0 atom stereocenters. The topological polar surface area (TPSA) is 32.8 Å². The number of anilines is 1. The molecule has 4 nitrogen and oxygen atoms in total. The van der Waals surface area contributed by atoms with Crippen LogP contribution < -0.4 is 9.64 Å². The monoisotopic (exact) mass is 274 g/mol. The Morgan fingerprint density at radius 2 is 1.95 bits per heavy atom. The van der Waals surface area contributed by atoms with Crippen LogP contribution in [0.5, 0.6) is 5.75 Å². The summed E-state index contributed by atoms with van der Waals surface area (Å²) < 4.78 is 5.27. The molecular formula is C16H22N2O2. The van der Waals surface area contributed by atoms with Gasteiger partial charge in [-0.3, -0.25) is 4.79 Å². The number of carbonyl (C=O) groups is 1. The normalized spacial score (nSPS) is 19.6. The number of amides is 1. The van der Waals surface area contributed by atoms with E-state index in [2.05, 4.69) is 17.0 Å². The molecule has 1 amide bonds. The van der Waals surface area contributed by atoms with Gasteiger partial charge in [0.15, 0.2) is 0 Å². The molecule has 0 spiro atoms. The first-order valence-corrected chi connectivity index (χ1v) is 7.46. The highest BCUT2D eigenvalue weighted by atomic mass is 16.5. The molecule has 2 heterocycles. The van der Waals surface area contributed by atoms with Crippen molar-refractivity contribution >= 4 is 11.6 Å². The number of likely N-dealkylation sites (tertiary alicyclic amines) is 1. The first-order chi connectivity index (χ1) is 9.78. The summed E-state index contributed by atoms with van der Waals surface area (Å²) in [6, 6.07) is 8.16. The van der Waals surface area contributed by atoms with Crippen LogP contribution in [-0.2, 0) is 4.79 Å². The van der Waals surface area contributed by atoms with Gasteiger partial charge in [-0.2, -0.15) is 0 Å². The summed E-state index contributed by atoms with van der Waals surface area (Å²) in [6.45, 7) is 3.85. The maximum atomic E-state index is 12.2. The largest absolute Gasteiger partial charge is 0.497 e. The molecule has 1 aromatic carbocycles. The van der Waals surface area contributed by atoms with E-state index in [4.69, 9.17) is 4.74 Å².